The predicted molar refractivity (Wildman–Crippen MR) is 56.6 cm³/mol. The normalized spacial score (nSPS) is 43.8. The van der Waals surface area contributed by atoms with Crippen LogP contribution in [-0.4, -0.2) is 36.5 Å². The van der Waals surface area contributed by atoms with Crippen molar-refractivity contribution >= 4 is 23.4 Å². The van der Waals surface area contributed by atoms with Crippen LogP contribution in [0.5, 0.6) is 0 Å². The number of nitrogens with zero attached hydrogens (tertiary/aromatic N) is 1. The molecule has 0 amide bonds. The highest BCUT2D eigenvalue weighted by Gasteiger charge is 2.63. The number of hydrogen-bond donors (Lipinski definition) is 0. The summed E-state index contributed by atoms with van der Waals surface area (Å²) in [7, 11) is -1.71. The van der Waals surface area contributed by atoms with Crippen molar-refractivity contribution in [2.24, 2.45) is 0 Å². The summed E-state index contributed by atoms with van der Waals surface area (Å²) in [4.78, 5) is 0. The summed E-state index contributed by atoms with van der Waals surface area (Å²) in [6.07, 6.45) is 2.27. The second kappa shape index (κ2) is 3.73. The Labute approximate surface area is 80.8 Å². The minimum Gasteiger partial charge on any atom is -0.313 e. The summed E-state index contributed by atoms with van der Waals surface area (Å²) in [5, 5.41) is 0. The van der Waals surface area contributed by atoms with Crippen LogP contribution in [0.1, 0.15) is 13.8 Å². The first-order valence-corrected chi connectivity index (χ1v) is 8.58. The first-order valence-electron chi connectivity index (χ1n) is 4.25. The average Bonchev–Trinajstić information content (AvgIpc) is 2.05. The van der Waals surface area contributed by atoms with Crippen LogP contribution in [-0.2, 0) is 13.3 Å². The smallest absolute Gasteiger partial charge is 0.313 e. The maximum Gasteiger partial charge on any atom is 0.382 e. The lowest BCUT2D eigenvalue weighted by molar-refractivity contribution is -0.346. The zero-order chi connectivity index (χ0) is 10.1. The molecule has 0 saturated carbocycles. The maximum atomic E-state index is 12.1. The Kier molecular flexibility index (Phi) is 3.23. The quantitative estimate of drug-likeness (QED) is 0.545. The van der Waals surface area contributed by atoms with E-state index >= 15 is 0 Å². The second-order valence-electron chi connectivity index (χ2n) is 2.82. The maximum absolute atomic E-state index is 12.1. The van der Waals surface area contributed by atoms with E-state index in [4.69, 9.17) is 8.71 Å². The van der Waals surface area contributed by atoms with E-state index in [-0.39, 0.29) is 0 Å². The second-order valence-corrected chi connectivity index (χ2v) is 10.6. The van der Waals surface area contributed by atoms with Crippen LogP contribution in [0.25, 0.3) is 0 Å². The van der Waals surface area contributed by atoms with Crippen molar-refractivity contribution in [3.63, 3.8) is 0 Å². The Morgan fingerprint density at radius 3 is 2.54 bits per heavy atom. The molecule has 0 N–H and O–H groups in total. The lowest BCUT2D eigenvalue weighted by Crippen LogP contribution is -2.32. The molecule has 1 rings (SSSR count). The Hall–Kier alpha value is 0.170. The summed E-state index contributed by atoms with van der Waals surface area (Å²) < 4.78 is 24.7. The molecule has 0 aromatic rings. The van der Waals surface area contributed by atoms with Gasteiger partial charge in [-0.2, -0.15) is 3.98 Å². The fourth-order valence-electron chi connectivity index (χ4n) is 1.24. The molecule has 0 radical (unpaired) electrons. The van der Waals surface area contributed by atoms with Crippen LogP contribution in [0.15, 0.2) is 0 Å². The minimum atomic E-state index is -2.56. The zero-order valence-electron chi connectivity index (χ0n) is 8.36. The molecular weight excluding hydrogens is 209 g/mol. The molecule has 78 valence electrons. The fourth-order valence-corrected chi connectivity index (χ4v) is 8.08. The van der Waals surface area contributed by atoms with Gasteiger partial charge >= 0.3 is 6.57 Å². The zero-order valence-corrected chi connectivity index (χ0v) is 10.1. The van der Waals surface area contributed by atoms with E-state index < -0.39 is 16.7 Å². The van der Waals surface area contributed by atoms with Gasteiger partial charge in [0.2, 0.25) is 6.29 Å². The first-order chi connectivity index (χ1) is 6.00. The van der Waals surface area contributed by atoms with Gasteiger partial charge < -0.3 is 4.52 Å². The van der Waals surface area contributed by atoms with Crippen molar-refractivity contribution in [1.82, 2.24) is 0 Å². The highest BCUT2D eigenvalue weighted by molar-refractivity contribution is 8.74. The molecule has 2 atom stereocenters. The van der Waals surface area contributed by atoms with Gasteiger partial charge in [0.15, 0.2) is 10.1 Å². The third-order valence-corrected chi connectivity index (χ3v) is 11.1. The monoisotopic (exact) mass is 226 g/mol. The number of rotatable bonds is 4. The molecule has 6 heteroatoms. The highest BCUT2D eigenvalue weighted by Crippen LogP contribution is 2.88. The first kappa shape index (κ1) is 11.2. The topological polar surface area (TPSA) is 38.5 Å². The molecule has 0 aromatic heterocycles. The summed E-state index contributed by atoms with van der Waals surface area (Å²) in [6, 6.07) is 0. The molecule has 4 nitrogen and oxygen atoms in total. The summed E-state index contributed by atoms with van der Waals surface area (Å²) in [5.74, 6) is 0. The molecule has 0 aromatic carbocycles. The van der Waals surface area contributed by atoms with Crippen molar-refractivity contribution < 1.29 is 17.3 Å². The van der Waals surface area contributed by atoms with E-state index in [0.29, 0.717) is 19.5 Å². The van der Waals surface area contributed by atoms with Crippen LogP contribution >= 0.6 is 16.7 Å². The molecule has 1 aliphatic rings. The van der Waals surface area contributed by atoms with E-state index in [1.807, 2.05) is 20.1 Å². The third-order valence-electron chi connectivity index (χ3n) is 1.99. The van der Waals surface area contributed by atoms with Crippen molar-refractivity contribution in [1.29, 1.82) is 0 Å². The van der Waals surface area contributed by atoms with E-state index in [1.165, 1.54) is 0 Å². The lowest BCUT2D eigenvalue weighted by Gasteiger charge is -2.42. The van der Waals surface area contributed by atoms with Crippen LogP contribution in [0.3, 0.4) is 0 Å². The molecule has 0 spiro atoms. The molecule has 0 aliphatic carbocycles. The molecule has 0 bridgehead atoms. The fraction of sp³-hybridized carbons (Fsp3) is 0.857. The van der Waals surface area contributed by atoms with Crippen LogP contribution in [0, 0.1) is 0 Å². The van der Waals surface area contributed by atoms with Gasteiger partial charge in [-0.25, -0.2) is 0 Å². The van der Waals surface area contributed by atoms with Gasteiger partial charge in [0.1, 0.15) is 6.72 Å². The standard InChI is InChI=1S/C7H17NO3PS/c1-5-10-12(9)7-8(3)13(12,4)11-6-2/h3,5-7H2,1-2,4H3/q+1. The van der Waals surface area contributed by atoms with Gasteiger partial charge in [-0.3, -0.25) is 8.75 Å². The molecule has 1 heterocycles. The molecule has 1 saturated heterocycles. The molecule has 2 unspecified atom stereocenters. The van der Waals surface area contributed by atoms with Crippen LogP contribution in [0.4, 0.5) is 0 Å². The SMILES string of the molecule is C=[N+]1CP(=O)(OCC)S1(C)OCC. The summed E-state index contributed by atoms with van der Waals surface area (Å²) >= 11 is 0. The van der Waals surface area contributed by atoms with Gasteiger partial charge in [0, 0.05) is 0 Å². The van der Waals surface area contributed by atoms with Gasteiger partial charge in [-0.05, 0) is 13.8 Å². The van der Waals surface area contributed by atoms with E-state index in [2.05, 4.69) is 6.72 Å². The Balaban J connectivity index is 2.80. The van der Waals surface area contributed by atoms with Gasteiger partial charge in [0.25, 0.3) is 0 Å². The van der Waals surface area contributed by atoms with E-state index in [1.54, 1.807) is 3.98 Å². The highest BCUT2D eigenvalue weighted by atomic mass is 32.8. The van der Waals surface area contributed by atoms with Crippen molar-refractivity contribution in [3.8, 4) is 0 Å². The van der Waals surface area contributed by atoms with Crippen molar-refractivity contribution in [2.75, 3.05) is 25.8 Å². The Bertz CT molecular complexity index is 270. The summed E-state index contributed by atoms with van der Waals surface area (Å²) in [6.45, 7) is 5.98. The largest absolute Gasteiger partial charge is 0.382 e. The van der Waals surface area contributed by atoms with Gasteiger partial charge in [0.05, 0.1) is 19.5 Å². The van der Waals surface area contributed by atoms with Crippen molar-refractivity contribution in [2.45, 2.75) is 13.8 Å². The molecule has 1 aliphatic heterocycles. The Morgan fingerprint density at radius 2 is 2.15 bits per heavy atom. The van der Waals surface area contributed by atoms with Crippen LogP contribution in [0.2, 0.25) is 0 Å². The number of hydrogen-bond acceptors (Lipinski definition) is 3. The van der Waals surface area contributed by atoms with Crippen molar-refractivity contribution in [3.05, 3.63) is 0 Å². The predicted octanol–water partition coefficient (Wildman–Crippen LogP) is 2.20. The van der Waals surface area contributed by atoms with Gasteiger partial charge in [-0.15, -0.1) is 0 Å². The summed E-state index contributed by atoms with van der Waals surface area (Å²) in [5.41, 5.74) is 0. The lowest BCUT2D eigenvalue weighted by atomic mass is 10.9. The Morgan fingerprint density at radius 1 is 1.54 bits per heavy atom. The van der Waals surface area contributed by atoms with E-state index in [0.717, 1.165) is 0 Å². The minimum absolute atomic E-state index is 0.423. The van der Waals surface area contributed by atoms with E-state index in [9.17, 15) is 4.57 Å². The third kappa shape index (κ3) is 1.59. The molecule has 1 fully saturated rings. The van der Waals surface area contributed by atoms with Gasteiger partial charge in [-0.1, -0.05) is 0 Å². The molecule has 13 heavy (non-hydrogen) atoms. The molecular formula is C7H17NO3PS+. The van der Waals surface area contributed by atoms with Crippen LogP contribution < -0.4 is 0 Å². The average molecular weight is 226 g/mol.